The Morgan fingerprint density at radius 2 is 2.00 bits per heavy atom. The minimum atomic E-state index is 0.778. The number of nitrogens with one attached hydrogen (secondary N) is 1. The Hall–Kier alpha value is -0.580. The number of hydrogen-bond donors (Lipinski definition) is 1. The van der Waals surface area contributed by atoms with Crippen LogP contribution in [0.2, 0.25) is 5.15 Å². The van der Waals surface area contributed by atoms with Gasteiger partial charge < -0.3 is 5.32 Å². The predicted octanol–water partition coefficient (Wildman–Crippen LogP) is 2.35. The van der Waals surface area contributed by atoms with E-state index in [0.29, 0.717) is 0 Å². The number of halogens is 1. The molecule has 1 saturated carbocycles. The van der Waals surface area contributed by atoms with Crippen LogP contribution in [0, 0.1) is 12.8 Å². The highest BCUT2D eigenvalue weighted by Crippen LogP contribution is 2.32. The molecule has 1 aromatic heterocycles. The molecule has 5 heteroatoms. The highest BCUT2D eigenvalue weighted by Gasteiger charge is 2.32. The first-order chi connectivity index (χ1) is 9.65. The maximum atomic E-state index is 6.39. The van der Waals surface area contributed by atoms with Crippen molar-refractivity contribution in [2.24, 2.45) is 13.0 Å². The zero-order valence-electron chi connectivity index (χ0n) is 12.5. The maximum Gasteiger partial charge on any atom is 0.131 e. The summed E-state index contributed by atoms with van der Waals surface area (Å²) in [5, 5.41) is 8.69. The smallest absolute Gasteiger partial charge is 0.131 e. The van der Waals surface area contributed by atoms with E-state index in [1.807, 2.05) is 7.05 Å². The van der Waals surface area contributed by atoms with Crippen LogP contribution in [0.1, 0.15) is 36.9 Å². The molecule has 2 fully saturated rings. The zero-order valence-corrected chi connectivity index (χ0v) is 13.3. The Balaban J connectivity index is 1.67. The van der Waals surface area contributed by atoms with E-state index in [1.165, 1.54) is 50.9 Å². The van der Waals surface area contributed by atoms with E-state index >= 15 is 0 Å². The van der Waals surface area contributed by atoms with Crippen molar-refractivity contribution in [3.05, 3.63) is 16.4 Å². The Labute approximate surface area is 126 Å². The van der Waals surface area contributed by atoms with Crippen molar-refractivity contribution in [2.45, 2.75) is 45.2 Å². The summed E-state index contributed by atoms with van der Waals surface area (Å²) >= 11 is 6.39. The molecule has 2 aliphatic rings. The van der Waals surface area contributed by atoms with Gasteiger partial charge in [0.2, 0.25) is 0 Å². The van der Waals surface area contributed by atoms with Crippen LogP contribution in [0.25, 0.3) is 0 Å². The number of aromatic nitrogens is 2. The maximum absolute atomic E-state index is 6.39. The Morgan fingerprint density at radius 3 is 2.55 bits per heavy atom. The largest absolute Gasteiger partial charge is 0.317 e. The van der Waals surface area contributed by atoms with Crippen molar-refractivity contribution in [3.63, 3.8) is 0 Å². The van der Waals surface area contributed by atoms with Crippen LogP contribution in [0.3, 0.4) is 0 Å². The molecule has 1 aromatic rings. The van der Waals surface area contributed by atoms with Gasteiger partial charge in [-0.25, -0.2) is 0 Å². The fourth-order valence-corrected chi connectivity index (χ4v) is 3.47. The third kappa shape index (κ3) is 3.18. The monoisotopic (exact) mass is 296 g/mol. The first kappa shape index (κ1) is 14.4. The van der Waals surface area contributed by atoms with Crippen LogP contribution in [0.5, 0.6) is 0 Å². The summed E-state index contributed by atoms with van der Waals surface area (Å²) in [6, 6.07) is 0.778. The number of piperidine rings is 1. The van der Waals surface area contributed by atoms with Crippen molar-refractivity contribution in [2.75, 3.05) is 19.6 Å². The minimum absolute atomic E-state index is 0.778. The van der Waals surface area contributed by atoms with E-state index < -0.39 is 0 Å². The second kappa shape index (κ2) is 6.04. The standard InChI is InChI=1S/C15H25ClN4/c1-11-14(15(16)19(2)18-11)10-20(13-3-4-13)9-12-5-7-17-8-6-12/h12-13,17H,3-10H2,1-2H3. The van der Waals surface area contributed by atoms with Crippen LogP contribution in [0.4, 0.5) is 0 Å². The first-order valence-corrected chi connectivity index (χ1v) is 8.15. The predicted molar refractivity (Wildman–Crippen MR) is 82.0 cm³/mol. The number of aryl methyl sites for hydroxylation is 2. The summed E-state index contributed by atoms with van der Waals surface area (Å²) in [5.74, 6) is 0.840. The summed E-state index contributed by atoms with van der Waals surface area (Å²) in [5.41, 5.74) is 2.29. The van der Waals surface area contributed by atoms with Crippen LogP contribution in [-0.4, -0.2) is 40.4 Å². The molecule has 3 rings (SSSR count). The van der Waals surface area contributed by atoms with Gasteiger partial charge in [-0.15, -0.1) is 0 Å². The lowest BCUT2D eigenvalue weighted by Gasteiger charge is -2.30. The van der Waals surface area contributed by atoms with Gasteiger partial charge in [0.25, 0.3) is 0 Å². The van der Waals surface area contributed by atoms with Gasteiger partial charge in [-0.05, 0) is 51.6 Å². The molecular formula is C15H25ClN4. The molecule has 1 aliphatic heterocycles. The fraction of sp³-hybridized carbons (Fsp3) is 0.800. The van der Waals surface area contributed by atoms with Crippen LogP contribution < -0.4 is 5.32 Å². The quantitative estimate of drug-likeness (QED) is 0.905. The molecule has 0 spiro atoms. The van der Waals surface area contributed by atoms with Gasteiger partial charge in [-0.2, -0.15) is 5.10 Å². The zero-order chi connectivity index (χ0) is 14.1. The lowest BCUT2D eigenvalue weighted by Crippen LogP contribution is -2.37. The van der Waals surface area contributed by atoms with Crippen molar-refractivity contribution in [1.29, 1.82) is 0 Å². The number of nitrogens with zero attached hydrogens (tertiary/aromatic N) is 3. The lowest BCUT2D eigenvalue weighted by atomic mass is 9.97. The summed E-state index contributed by atoms with van der Waals surface area (Å²) < 4.78 is 1.79. The van der Waals surface area contributed by atoms with E-state index in [1.54, 1.807) is 4.68 Å². The highest BCUT2D eigenvalue weighted by atomic mass is 35.5. The Morgan fingerprint density at radius 1 is 1.30 bits per heavy atom. The van der Waals surface area contributed by atoms with E-state index in [9.17, 15) is 0 Å². The molecule has 0 aromatic carbocycles. The van der Waals surface area contributed by atoms with Gasteiger partial charge in [-0.3, -0.25) is 9.58 Å². The van der Waals surface area contributed by atoms with E-state index in [4.69, 9.17) is 11.6 Å². The van der Waals surface area contributed by atoms with Crippen LogP contribution in [0.15, 0.2) is 0 Å². The first-order valence-electron chi connectivity index (χ1n) is 7.78. The number of rotatable bonds is 5. The number of hydrogen-bond acceptors (Lipinski definition) is 3. The van der Waals surface area contributed by atoms with Gasteiger partial charge >= 0.3 is 0 Å². The van der Waals surface area contributed by atoms with Crippen molar-refractivity contribution in [3.8, 4) is 0 Å². The molecule has 20 heavy (non-hydrogen) atoms. The minimum Gasteiger partial charge on any atom is -0.317 e. The van der Waals surface area contributed by atoms with Gasteiger partial charge in [0.15, 0.2) is 0 Å². The van der Waals surface area contributed by atoms with Crippen LogP contribution in [-0.2, 0) is 13.6 Å². The molecule has 1 saturated heterocycles. The molecule has 0 amide bonds. The van der Waals surface area contributed by atoms with Crippen molar-refractivity contribution < 1.29 is 0 Å². The molecule has 0 atom stereocenters. The second-order valence-electron chi connectivity index (χ2n) is 6.33. The SMILES string of the molecule is Cc1nn(C)c(Cl)c1CN(CC1CCNCC1)C1CC1. The van der Waals surface area contributed by atoms with E-state index in [-0.39, 0.29) is 0 Å². The Kier molecular flexibility index (Phi) is 4.34. The average Bonchev–Trinajstić information content (AvgIpc) is 3.24. The molecular weight excluding hydrogens is 272 g/mol. The fourth-order valence-electron chi connectivity index (χ4n) is 3.23. The summed E-state index contributed by atoms with van der Waals surface area (Å²) in [6.07, 6.45) is 5.32. The second-order valence-corrected chi connectivity index (χ2v) is 6.69. The highest BCUT2D eigenvalue weighted by molar-refractivity contribution is 6.30. The van der Waals surface area contributed by atoms with Gasteiger partial charge in [0, 0.05) is 31.7 Å². The molecule has 1 aliphatic carbocycles. The molecule has 4 nitrogen and oxygen atoms in total. The molecule has 0 unspecified atom stereocenters. The Bertz CT molecular complexity index is 461. The molecule has 2 heterocycles. The van der Waals surface area contributed by atoms with Gasteiger partial charge in [-0.1, -0.05) is 11.6 Å². The summed E-state index contributed by atoms with van der Waals surface area (Å²) in [6.45, 7) is 6.60. The summed E-state index contributed by atoms with van der Waals surface area (Å²) in [7, 11) is 1.92. The van der Waals surface area contributed by atoms with Gasteiger partial charge in [0.05, 0.1) is 5.69 Å². The normalized spacial score (nSPS) is 20.8. The molecule has 112 valence electrons. The lowest BCUT2D eigenvalue weighted by molar-refractivity contribution is 0.190. The molecule has 1 N–H and O–H groups in total. The van der Waals surface area contributed by atoms with Crippen LogP contribution >= 0.6 is 11.6 Å². The van der Waals surface area contributed by atoms with Crippen molar-refractivity contribution >= 4 is 11.6 Å². The third-order valence-electron chi connectivity index (χ3n) is 4.65. The molecule has 0 bridgehead atoms. The van der Waals surface area contributed by atoms with E-state index in [0.717, 1.165) is 29.4 Å². The topological polar surface area (TPSA) is 33.1 Å². The summed E-state index contributed by atoms with van der Waals surface area (Å²) in [4.78, 5) is 2.64. The van der Waals surface area contributed by atoms with E-state index in [2.05, 4.69) is 22.2 Å². The van der Waals surface area contributed by atoms with Crippen molar-refractivity contribution in [1.82, 2.24) is 20.0 Å². The third-order valence-corrected chi connectivity index (χ3v) is 5.12. The molecule has 0 radical (unpaired) electrons. The average molecular weight is 297 g/mol. The van der Waals surface area contributed by atoms with Gasteiger partial charge in [0.1, 0.15) is 5.15 Å².